The normalized spacial score (nSPS) is 13.2. The van der Waals surface area contributed by atoms with Crippen LogP contribution in [0.3, 0.4) is 0 Å². The number of halogens is 1. The summed E-state index contributed by atoms with van der Waals surface area (Å²) < 4.78 is 32.5. The third kappa shape index (κ3) is 6.62. The summed E-state index contributed by atoms with van der Waals surface area (Å²) in [5.41, 5.74) is 3.19. The summed E-state index contributed by atoms with van der Waals surface area (Å²) in [6.07, 6.45) is 0.179. The van der Waals surface area contributed by atoms with E-state index in [0.717, 1.165) is 5.56 Å². The SMILES string of the molecule is COc1ccc(-c2c(OC)cc(N3CCC(NC(=O)O)CC3)nc2-c2ccc(C#N)c(F)c2)cc1OCc1ccccc1. The summed E-state index contributed by atoms with van der Waals surface area (Å²) in [4.78, 5) is 18.1. The average molecular weight is 583 g/mol. The highest BCUT2D eigenvalue weighted by Gasteiger charge is 2.25. The Bertz CT molecular complexity index is 1650. The summed E-state index contributed by atoms with van der Waals surface area (Å²) >= 11 is 0. The van der Waals surface area contributed by atoms with Crippen molar-refractivity contribution in [3.63, 3.8) is 0 Å². The van der Waals surface area contributed by atoms with Gasteiger partial charge in [-0.25, -0.2) is 14.2 Å². The molecule has 0 atom stereocenters. The highest BCUT2D eigenvalue weighted by atomic mass is 19.1. The first-order valence-corrected chi connectivity index (χ1v) is 13.8. The number of hydrogen-bond acceptors (Lipinski definition) is 7. The van der Waals surface area contributed by atoms with Crippen LogP contribution in [0.2, 0.25) is 0 Å². The number of pyridine rings is 1. The fourth-order valence-corrected chi connectivity index (χ4v) is 5.18. The van der Waals surface area contributed by atoms with Crippen molar-refractivity contribution in [3.05, 3.63) is 89.7 Å². The molecule has 1 saturated heterocycles. The van der Waals surface area contributed by atoms with E-state index in [1.165, 1.54) is 12.1 Å². The second-order valence-electron chi connectivity index (χ2n) is 10.1. The molecule has 220 valence electrons. The van der Waals surface area contributed by atoms with Crippen LogP contribution in [0.4, 0.5) is 15.0 Å². The Labute approximate surface area is 249 Å². The van der Waals surface area contributed by atoms with Gasteiger partial charge in [-0.15, -0.1) is 0 Å². The number of hydrogen-bond donors (Lipinski definition) is 2. The maximum Gasteiger partial charge on any atom is 0.404 e. The second kappa shape index (κ2) is 13.1. The Morgan fingerprint density at radius 3 is 2.37 bits per heavy atom. The Kier molecular flexibility index (Phi) is 8.91. The maximum atomic E-state index is 14.9. The Balaban J connectivity index is 1.59. The lowest BCUT2D eigenvalue weighted by atomic mass is 9.96. The molecule has 2 heterocycles. The molecule has 43 heavy (non-hydrogen) atoms. The third-order valence-electron chi connectivity index (χ3n) is 7.39. The summed E-state index contributed by atoms with van der Waals surface area (Å²) in [6, 6.07) is 23.2. The highest BCUT2D eigenvalue weighted by molar-refractivity contribution is 5.88. The number of nitrogens with one attached hydrogen (secondary N) is 1. The van der Waals surface area contributed by atoms with E-state index in [9.17, 15) is 14.4 Å². The number of nitrogens with zero attached hydrogens (tertiary/aromatic N) is 3. The molecule has 0 bridgehead atoms. The molecule has 10 heteroatoms. The highest BCUT2D eigenvalue weighted by Crippen LogP contribution is 2.43. The number of benzene rings is 3. The number of aromatic nitrogens is 1. The van der Waals surface area contributed by atoms with E-state index in [4.69, 9.17) is 24.3 Å². The molecule has 0 saturated carbocycles. The minimum absolute atomic E-state index is 0.0672. The van der Waals surface area contributed by atoms with Crippen molar-refractivity contribution >= 4 is 11.9 Å². The third-order valence-corrected chi connectivity index (χ3v) is 7.39. The van der Waals surface area contributed by atoms with Crippen molar-refractivity contribution < 1.29 is 28.5 Å². The number of amides is 1. The average Bonchev–Trinajstić information content (AvgIpc) is 3.03. The van der Waals surface area contributed by atoms with Crippen molar-refractivity contribution in [2.75, 3.05) is 32.2 Å². The number of nitriles is 1. The molecule has 1 aliphatic heterocycles. The van der Waals surface area contributed by atoms with Gasteiger partial charge in [0.1, 0.15) is 30.1 Å². The predicted octanol–water partition coefficient (Wildman–Crippen LogP) is 6.26. The molecule has 5 rings (SSSR count). The Morgan fingerprint density at radius 1 is 1.00 bits per heavy atom. The summed E-state index contributed by atoms with van der Waals surface area (Å²) in [6.45, 7) is 1.47. The number of methoxy groups -OCH3 is 2. The quantitative estimate of drug-likeness (QED) is 0.238. The largest absolute Gasteiger partial charge is 0.496 e. The van der Waals surface area contributed by atoms with E-state index < -0.39 is 11.9 Å². The zero-order valence-electron chi connectivity index (χ0n) is 23.8. The molecule has 2 N–H and O–H groups in total. The first kappa shape index (κ1) is 29.2. The zero-order chi connectivity index (χ0) is 30.3. The molecule has 0 unspecified atom stereocenters. The lowest BCUT2D eigenvalue weighted by Gasteiger charge is -2.33. The molecule has 1 aromatic heterocycles. The van der Waals surface area contributed by atoms with E-state index in [2.05, 4.69) is 10.2 Å². The van der Waals surface area contributed by atoms with Crippen LogP contribution in [0.5, 0.6) is 17.2 Å². The van der Waals surface area contributed by atoms with Crippen LogP contribution in [0.15, 0.2) is 72.8 Å². The molecule has 1 fully saturated rings. The number of anilines is 1. The molecule has 0 spiro atoms. The van der Waals surface area contributed by atoms with Gasteiger partial charge in [0.15, 0.2) is 11.5 Å². The summed E-state index contributed by atoms with van der Waals surface area (Å²) in [7, 11) is 3.13. The van der Waals surface area contributed by atoms with E-state index in [1.54, 1.807) is 26.4 Å². The Morgan fingerprint density at radius 2 is 1.72 bits per heavy atom. The van der Waals surface area contributed by atoms with E-state index in [1.807, 2.05) is 54.6 Å². The summed E-state index contributed by atoms with van der Waals surface area (Å²) in [5, 5.41) is 21.0. The van der Waals surface area contributed by atoms with Crippen LogP contribution in [0.1, 0.15) is 24.0 Å². The van der Waals surface area contributed by atoms with Crippen molar-refractivity contribution in [2.24, 2.45) is 0 Å². The number of piperidine rings is 1. The second-order valence-corrected chi connectivity index (χ2v) is 10.1. The lowest BCUT2D eigenvalue weighted by Crippen LogP contribution is -2.44. The van der Waals surface area contributed by atoms with Gasteiger partial charge in [0.25, 0.3) is 0 Å². The van der Waals surface area contributed by atoms with Crippen LogP contribution in [-0.2, 0) is 6.61 Å². The molecular formula is C33H31FN4O5. The van der Waals surface area contributed by atoms with Crippen molar-refractivity contribution in [3.8, 4) is 45.7 Å². The molecule has 1 aliphatic rings. The van der Waals surface area contributed by atoms with Gasteiger partial charge >= 0.3 is 6.09 Å². The van der Waals surface area contributed by atoms with Crippen LogP contribution < -0.4 is 24.4 Å². The van der Waals surface area contributed by atoms with E-state index >= 15 is 0 Å². The first-order chi connectivity index (χ1) is 20.9. The van der Waals surface area contributed by atoms with Crippen LogP contribution in [-0.4, -0.2) is 49.5 Å². The van der Waals surface area contributed by atoms with Gasteiger partial charge in [-0.3, -0.25) is 0 Å². The van der Waals surface area contributed by atoms with Crippen LogP contribution >= 0.6 is 0 Å². The number of ether oxygens (including phenoxy) is 3. The smallest absolute Gasteiger partial charge is 0.404 e. The molecule has 3 aromatic carbocycles. The minimum Gasteiger partial charge on any atom is -0.496 e. The van der Waals surface area contributed by atoms with Crippen molar-refractivity contribution in [1.82, 2.24) is 10.3 Å². The van der Waals surface area contributed by atoms with Crippen LogP contribution in [0, 0.1) is 17.1 Å². The topological polar surface area (TPSA) is 117 Å². The molecule has 1 amide bonds. The van der Waals surface area contributed by atoms with Gasteiger partial charge in [-0.05, 0) is 48.2 Å². The predicted molar refractivity (Wildman–Crippen MR) is 160 cm³/mol. The van der Waals surface area contributed by atoms with Gasteiger partial charge in [-0.1, -0.05) is 42.5 Å². The number of rotatable bonds is 9. The minimum atomic E-state index is -1.04. The molecule has 0 radical (unpaired) electrons. The van der Waals surface area contributed by atoms with Crippen molar-refractivity contribution in [1.29, 1.82) is 5.26 Å². The zero-order valence-corrected chi connectivity index (χ0v) is 23.8. The standard InChI is InChI=1S/C33H31FN4O5/c1-41-27-11-10-22(17-28(27)43-20-21-6-4-3-5-7-21)31-29(42-2)18-30(38-14-12-25(13-15-38)36-33(39)40)37-32(31)23-8-9-24(19-35)26(34)16-23/h3-11,16-18,25,36H,12-15,20H2,1-2H3,(H,39,40). The molecule has 0 aliphatic carbocycles. The monoisotopic (exact) mass is 582 g/mol. The number of carboxylic acid groups (broad SMARTS) is 1. The lowest BCUT2D eigenvalue weighted by molar-refractivity contribution is 0.187. The van der Waals surface area contributed by atoms with E-state index in [-0.39, 0.29) is 11.6 Å². The molecular weight excluding hydrogens is 551 g/mol. The molecule has 4 aromatic rings. The van der Waals surface area contributed by atoms with Gasteiger partial charge in [0, 0.05) is 30.8 Å². The van der Waals surface area contributed by atoms with Gasteiger partial charge in [0.05, 0.1) is 31.0 Å². The van der Waals surface area contributed by atoms with Crippen LogP contribution in [0.25, 0.3) is 22.4 Å². The van der Waals surface area contributed by atoms with Crippen molar-refractivity contribution in [2.45, 2.75) is 25.5 Å². The Hall–Kier alpha value is -5.30. The van der Waals surface area contributed by atoms with Gasteiger partial charge in [-0.2, -0.15) is 5.26 Å². The molecule has 9 nitrogen and oxygen atoms in total. The first-order valence-electron chi connectivity index (χ1n) is 13.8. The van der Waals surface area contributed by atoms with Gasteiger partial charge in [0.2, 0.25) is 0 Å². The fraction of sp³-hybridized carbons (Fsp3) is 0.242. The van der Waals surface area contributed by atoms with Gasteiger partial charge < -0.3 is 29.5 Å². The maximum absolute atomic E-state index is 14.9. The fourth-order valence-electron chi connectivity index (χ4n) is 5.18. The number of carbonyl (C=O) groups is 1. The summed E-state index contributed by atoms with van der Waals surface area (Å²) in [5.74, 6) is 1.53. The van der Waals surface area contributed by atoms with E-state index in [0.29, 0.717) is 78.0 Å².